The predicted molar refractivity (Wildman–Crippen MR) is 223 cm³/mol. The predicted octanol–water partition coefficient (Wildman–Crippen LogP) is 15.4. The van der Waals surface area contributed by atoms with Crippen LogP contribution in [0.1, 0.15) is 228 Å². The molecule has 2 atom stereocenters. The second-order valence-corrected chi connectivity index (χ2v) is 15.9. The first-order valence-electron chi connectivity index (χ1n) is 22.4. The maximum atomic E-state index is 13.8. The summed E-state index contributed by atoms with van der Waals surface area (Å²) < 4.78 is 12.1. The maximum absolute atomic E-state index is 13.8. The number of fused-ring (bicyclic) bond motifs is 1. The molecule has 0 aliphatic rings. The van der Waals surface area contributed by atoms with Gasteiger partial charge in [-0.3, -0.25) is 0 Å². The molecule has 0 bridgehead atoms. The molecule has 0 spiro atoms. The Bertz CT molecular complexity index is 1170. The summed E-state index contributed by atoms with van der Waals surface area (Å²) in [5, 5.41) is 1.52. The Labute approximate surface area is 321 Å². The van der Waals surface area contributed by atoms with Crippen LogP contribution in [0.5, 0.6) is 0 Å². The van der Waals surface area contributed by atoms with Gasteiger partial charge in [0.2, 0.25) is 0 Å². The fourth-order valence-corrected chi connectivity index (χ4v) is 7.69. The standard InChI is InChI=1S/C48H80O4/c1-5-9-13-16-18-20-21-23-25-28-34-42(33-27-24-22-19-17-14-10-6-2)40-52-48(50)45-38-30-36-43-35-29-37-44(46(43)45)47(49)51-39-41(31-12-8-4)32-26-15-11-7-3/h29-30,35-38,41-42H,5-28,31-34,39-40H2,1-4H3. The minimum atomic E-state index is -0.338. The molecule has 0 N–H and O–H groups in total. The number of esters is 2. The van der Waals surface area contributed by atoms with Gasteiger partial charge in [0.05, 0.1) is 24.3 Å². The van der Waals surface area contributed by atoms with Crippen molar-refractivity contribution in [1.29, 1.82) is 0 Å². The molecule has 0 amide bonds. The molecule has 4 nitrogen and oxygen atoms in total. The SMILES string of the molecule is CCCCCCCCCCCCC(CCCCCCCCCC)COC(=O)c1cccc2cccc(C(=O)OCC(CCCC)CCCCCC)c12. The van der Waals surface area contributed by atoms with Crippen molar-refractivity contribution in [1.82, 2.24) is 0 Å². The van der Waals surface area contributed by atoms with Crippen molar-refractivity contribution in [2.75, 3.05) is 13.2 Å². The van der Waals surface area contributed by atoms with E-state index in [1.807, 2.05) is 30.3 Å². The molecule has 0 aliphatic carbocycles. The summed E-state index contributed by atoms with van der Waals surface area (Å²) in [6.45, 7) is 9.89. The van der Waals surface area contributed by atoms with Crippen molar-refractivity contribution in [2.45, 2.75) is 207 Å². The molecular weight excluding hydrogens is 641 g/mol. The minimum Gasteiger partial charge on any atom is -0.462 e. The molecule has 0 fully saturated rings. The average molecular weight is 721 g/mol. The normalized spacial score (nSPS) is 12.6. The molecule has 296 valence electrons. The number of carbonyl (C=O) groups is 2. The van der Waals surface area contributed by atoms with Gasteiger partial charge in [-0.05, 0) is 55.0 Å². The van der Waals surface area contributed by atoms with E-state index in [2.05, 4.69) is 27.7 Å². The molecule has 2 aromatic rings. The number of rotatable bonds is 34. The van der Waals surface area contributed by atoms with E-state index < -0.39 is 0 Å². The lowest BCUT2D eigenvalue weighted by atomic mass is 9.94. The number of hydrogen-bond acceptors (Lipinski definition) is 4. The summed E-state index contributed by atoms with van der Waals surface area (Å²) in [5.41, 5.74) is 0.933. The zero-order valence-electron chi connectivity index (χ0n) is 34.5. The summed E-state index contributed by atoms with van der Waals surface area (Å²) in [7, 11) is 0. The largest absolute Gasteiger partial charge is 0.462 e. The van der Waals surface area contributed by atoms with Crippen molar-refractivity contribution in [3.05, 3.63) is 47.5 Å². The second-order valence-electron chi connectivity index (χ2n) is 15.9. The summed E-state index contributed by atoms with van der Waals surface area (Å²) >= 11 is 0. The molecular formula is C48H80O4. The van der Waals surface area contributed by atoms with E-state index in [1.165, 1.54) is 141 Å². The van der Waals surface area contributed by atoms with E-state index >= 15 is 0 Å². The summed E-state index contributed by atoms with van der Waals surface area (Å²) in [6.07, 6.45) is 35.4. The van der Waals surface area contributed by atoms with Crippen LogP contribution in [0.2, 0.25) is 0 Å². The summed E-state index contributed by atoms with van der Waals surface area (Å²) in [5.74, 6) is 0.101. The molecule has 0 aliphatic heterocycles. The fourth-order valence-electron chi connectivity index (χ4n) is 7.69. The van der Waals surface area contributed by atoms with E-state index in [9.17, 15) is 9.59 Å². The maximum Gasteiger partial charge on any atom is 0.338 e. The topological polar surface area (TPSA) is 52.6 Å². The summed E-state index contributed by atoms with van der Waals surface area (Å²) in [6, 6.07) is 11.3. The Balaban J connectivity index is 2.01. The van der Waals surface area contributed by atoms with Crippen LogP contribution in [0.3, 0.4) is 0 Å². The van der Waals surface area contributed by atoms with Crippen molar-refractivity contribution in [2.24, 2.45) is 11.8 Å². The van der Waals surface area contributed by atoms with Crippen LogP contribution < -0.4 is 0 Å². The zero-order valence-corrected chi connectivity index (χ0v) is 34.5. The van der Waals surface area contributed by atoms with Crippen LogP contribution in [0.15, 0.2) is 36.4 Å². The third-order valence-electron chi connectivity index (χ3n) is 11.1. The molecule has 52 heavy (non-hydrogen) atoms. The van der Waals surface area contributed by atoms with Crippen molar-refractivity contribution >= 4 is 22.7 Å². The first-order chi connectivity index (χ1) is 25.5. The lowest BCUT2D eigenvalue weighted by Gasteiger charge is -2.19. The highest BCUT2D eigenvalue weighted by molar-refractivity contribution is 6.13. The Morgan fingerprint density at radius 2 is 0.731 bits per heavy atom. The van der Waals surface area contributed by atoms with Gasteiger partial charge in [-0.1, -0.05) is 206 Å². The van der Waals surface area contributed by atoms with E-state index in [1.54, 1.807) is 6.07 Å². The van der Waals surface area contributed by atoms with Gasteiger partial charge in [-0.15, -0.1) is 0 Å². The van der Waals surface area contributed by atoms with Gasteiger partial charge in [0.15, 0.2) is 0 Å². The second kappa shape index (κ2) is 31.0. The Hall–Kier alpha value is -2.36. The highest BCUT2D eigenvalue weighted by Crippen LogP contribution is 2.27. The Kier molecular flexibility index (Phi) is 27.3. The monoisotopic (exact) mass is 721 g/mol. The minimum absolute atomic E-state index is 0.327. The van der Waals surface area contributed by atoms with Gasteiger partial charge in [-0.25, -0.2) is 9.59 Å². The Morgan fingerprint density at radius 3 is 1.10 bits per heavy atom. The van der Waals surface area contributed by atoms with Crippen molar-refractivity contribution in [3.63, 3.8) is 0 Å². The number of ether oxygens (including phenoxy) is 2. The van der Waals surface area contributed by atoms with Crippen molar-refractivity contribution < 1.29 is 19.1 Å². The van der Waals surface area contributed by atoms with Gasteiger partial charge in [0.1, 0.15) is 0 Å². The van der Waals surface area contributed by atoms with Gasteiger partial charge < -0.3 is 9.47 Å². The van der Waals surface area contributed by atoms with Crippen LogP contribution in [0.4, 0.5) is 0 Å². The summed E-state index contributed by atoms with van der Waals surface area (Å²) in [4.78, 5) is 27.4. The first kappa shape index (κ1) is 45.8. The third kappa shape index (κ3) is 20.2. The molecule has 2 aromatic carbocycles. The number of hydrogen-bond donors (Lipinski definition) is 0. The van der Waals surface area contributed by atoms with Crippen LogP contribution in [0.25, 0.3) is 10.8 Å². The van der Waals surface area contributed by atoms with Gasteiger partial charge in [0, 0.05) is 5.39 Å². The molecule has 2 unspecified atom stereocenters. The molecule has 2 rings (SSSR count). The highest BCUT2D eigenvalue weighted by Gasteiger charge is 2.21. The van der Waals surface area contributed by atoms with Gasteiger partial charge >= 0.3 is 11.9 Å². The molecule has 0 saturated carbocycles. The lowest BCUT2D eigenvalue weighted by molar-refractivity contribution is 0.0424. The fraction of sp³-hybridized carbons (Fsp3) is 0.750. The smallest absolute Gasteiger partial charge is 0.338 e. The van der Waals surface area contributed by atoms with Gasteiger partial charge in [0.25, 0.3) is 0 Å². The molecule has 0 aromatic heterocycles. The van der Waals surface area contributed by atoms with E-state index in [-0.39, 0.29) is 11.9 Å². The van der Waals surface area contributed by atoms with E-state index in [0.717, 1.165) is 43.9 Å². The molecule has 0 saturated heterocycles. The van der Waals surface area contributed by atoms with Crippen LogP contribution in [0, 0.1) is 11.8 Å². The molecule has 0 radical (unpaired) electrons. The first-order valence-corrected chi connectivity index (χ1v) is 22.4. The lowest BCUT2D eigenvalue weighted by Crippen LogP contribution is -2.17. The zero-order chi connectivity index (χ0) is 37.5. The van der Waals surface area contributed by atoms with Crippen LogP contribution in [-0.2, 0) is 9.47 Å². The number of benzene rings is 2. The quantitative estimate of drug-likeness (QED) is 0.0533. The van der Waals surface area contributed by atoms with E-state index in [4.69, 9.17) is 9.47 Å². The Morgan fingerprint density at radius 1 is 0.423 bits per heavy atom. The van der Waals surface area contributed by atoms with Gasteiger partial charge in [-0.2, -0.15) is 0 Å². The molecule has 4 heteroatoms. The van der Waals surface area contributed by atoms with Crippen LogP contribution in [-0.4, -0.2) is 25.2 Å². The molecule has 0 heterocycles. The van der Waals surface area contributed by atoms with Crippen molar-refractivity contribution in [3.8, 4) is 0 Å². The third-order valence-corrected chi connectivity index (χ3v) is 11.1. The number of unbranched alkanes of at least 4 members (excludes halogenated alkanes) is 20. The highest BCUT2D eigenvalue weighted by atomic mass is 16.5. The van der Waals surface area contributed by atoms with Crippen LogP contribution >= 0.6 is 0 Å². The number of carbonyl (C=O) groups excluding carboxylic acids is 2. The van der Waals surface area contributed by atoms with E-state index in [0.29, 0.717) is 41.6 Å². The average Bonchev–Trinajstić information content (AvgIpc) is 3.16.